The van der Waals surface area contributed by atoms with Crippen LogP contribution in [0.4, 0.5) is 0 Å². The number of aliphatic carboxylic acids is 1. The quantitative estimate of drug-likeness (QED) is 0.0972. The molecule has 0 aliphatic carbocycles. The van der Waals surface area contributed by atoms with Crippen LogP contribution in [0.15, 0.2) is 0 Å². The van der Waals surface area contributed by atoms with Crippen molar-refractivity contribution in [3.05, 3.63) is 0 Å². The van der Waals surface area contributed by atoms with Gasteiger partial charge in [-0.25, -0.2) is 4.79 Å². The van der Waals surface area contributed by atoms with Crippen molar-refractivity contribution in [2.75, 3.05) is 19.6 Å². The van der Waals surface area contributed by atoms with E-state index in [0.29, 0.717) is 45.2 Å². The van der Waals surface area contributed by atoms with E-state index in [-0.39, 0.29) is 19.3 Å². The maximum Gasteiger partial charge on any atom is 0.326 e. The molecule has 0 aromatic carbocycles. The lowest BCUT2D eigenvalue weighted by molar-refractivity contribution is -0.142. The second kappa shape index (κ2) is 16.9. The molecule has 0 spiro atoms. The summed E-state index contributed by atoms with van der Waals surface area (Å²) < 4.78 is 0. The van der Waals surface area contributed by atoms with Crippen molar-refractivity contribution < 1.29 is 29.1 Å². The van der Waals surface area contributed by atoms with Gasteiger partial charge in [0.1, 0.15) is 12.1 Å². The lowest BCUT2D eigenvalue weighted by atomic mass is 10.1. The zero-order valence-corrected chi connectivity index (χ0v) is 18.3. The minimum Gasteiger partial charge on any atom is -0.480 e. The largest absolute Gasteiger partial charge is 0.480 e. The molecule has 12 N–H and O–H groups in total. The van der Waals surface area contributed by atoms with Gasteiger partial charge in [0, 0.05) is 6.42 Å². The van der Waals surface area contributed by atoms with E-state index in [1.54, 1.807) is 0 Å². The molecule has 4 amide bonds. The Bertz CT molecular complexity index is 631. The first-order valence-corrected chi connectivity index (χ1v) is 10.7. The summed E-state index contributed by atoms with van der Waals surface area (Å²) in [5, 5.41) is 16.3. The van der Waals surface area contributed by atoms with E-state index in [0.717, 1.165) is 0 Å². The summed E-state index contributed by atoms with van der Waals surface area (Å²) in [5.74, 6) is -3.88. The number of carbonyl (C=O) groups is 5. The average Bonchev–Trinajstić information content (AvgIpc) is 2.73. The van der Waals surface area contributed by atoms with Crippen LogP contribution in [0.2, 0.25) is 0 Å². The third kappa shape index (κ3) is 13.5. The normalized spacial score (nSPS) is 13.5. The summed E-state index contributed by atoms with van der Waals surface area (Å²) in [6, 6.07) is -3.11. The van der Waals surface area contributed by atoms with Gasteiger partial charge in [-0.15, -0.1) is 0 Å². The second-order valence-corrected chi connectivity index (χ2v) is 7.42. The first kappa shape index (κ1) is 29.2. The maximum absolute atomic E-state index is 12.5. The van der Waals surface area contributed by atoms with Crippen molar-refractivity contribution in [3.8, 4) is 0 Å². The van der Waals surface area contributed by atoms with Gasteiger partial charge in [-0.2, -0.15) is 0 Å². The molecule has 0 rings (SSSR count). The Labute approximate surface area is 187 Å². The van der Waals surface area contributed by atoms with Gasteiger partial charge >= 0.3 is 5.97 Å². The number of primary amides is 1. The minimum absolute atomic E-state index is 0.0825. The van der Waals surface area contributed by atoms with E-state index in [9.17, 15) is 29.1 Å². The summed E-state index contributed by atoms with van der Waals surface area (Å²) in [6.45, 7) is 0.367. The Morgan fingerprint density at radius 3 is 1.91 bits per heavy atom. The van der Waals surface area contributed by atoms with Crippen molar-refractivity contribution >= 4 is 29.6 Å². The summed E-state index contributed by atoms with van der Waals surface area (Å²) >= 11 is 0. The van der Waals surface area contributed by atoms with Gasteiger partial charge in [0.05, 0.1) is 12.6 Å². The van der Waals surface area contributed by atoms with Crippen LogP contribution >= 0.6 is 0 Å². The first-order valence-electron chi connectivity index (χ1n) is 10.7. The van der Waals surface area contributed by atoms with Gasteiger partial charge in [0.15, 0.2) is 0 Å². The highest BCUT2D eigenvalue weighted by Gasteiger charge is 2.25. The highest BCUT2D eigenvalue weighted by Crippen LogP contribution is 2.03. The Hall–Kier alpha value is -2.77. The van der Waals surface area contributed by atoms with Crippen molar-refractivity contribution in [2.45, 2.75) is 69.5 Å². The lowest BCUT2D eigenvalue weighted by Crippen LogP contribution is -2.53. The molecule has 0 bridgehead atoms. The van der Waals surface area contributed by atoms with Crippen molar-refractivity contribution in [1.29, 1.82) is 0 Å². The molecule has 3 unspecified atom stereocenters. The summed E-state index contributed by atoms with van der Waals surface area (Å²) in [6.07, 6.45) is 2.79. The van der Waals surface area contributed by atoms with Gasteiger partial charge < -0.3 is 44.0 Å². The highest BCUT2D eigenvalue weighted by molar-refractivity contribution is 5.92. The number of unbranched alkanes of at least 4 members (excludes halogenated alkanes) is 2. The molecule has 0 saturated heterocycles. The zero-order chi connectivity index (χ0) is 24.5. The van der Waals surface area contributed by atoms with Crippen LogP contribution in [0.3, 0.4) is 0 Å². The van der Waals surface area contributed by atoms with Gasteiger partial charge in [-0.3, -0.25) is 19.2 Å². The number of rotatable bonds is 18. The minimum atomic E-state index is -1.20. The van der Waals surface area contributed by atoms with E-state index in [2.05, 4.69) is 16.0 Å². The molecule has 0 saturated carbocycles. The van der Waals surface area contributed by atoms with Gasteiger partial charge in [-0.1, -0.05) is 6.42 Å². The van der Waals surface area contributed by atoms with Crippen molar-refractivity contribution in [2.24, 2.45) is 22.9 Å². The number of hydrogen-bond acceptors (Lipinski definition) is 8. The van der Waals surface area contributed by atoms with Crippen LogP contribution in [0.5, 0.6) is 0 Å². The zero-order valence-electron chi connectivity index (χ0n) is 18.3. The predicted octanol–water partition coefficient (Wildman–Crippen LogP) is -2.99. The first-order chi connectivity index (χ1) is 15.1. The highest BCUT2D eigenvalue weighted by atomic mass is 16.4. The third-order valence-corrected chi connectivity index (χ3v) is 4.62. The molecule has 0 aromatic rings. The Morgan fingerprint density at radius 1 is 0.781 bits per heavy atom. The van der Waals surface area contributed by atoms with Gasteiger partial charge in [-0.05, 0) is 51.6 Å². The molecule has 32 heavy (non-hydrogen) atoms. The molecule has 13 nitrogen and oxygen atoms in total. The predicted molar refractivity (Wildman–Crippen MR) is 117 cm³/mol. The van der Waals surface area contributed by atoms with E-state index in [1.165, 1.54) is 0 Å². The topological polar surface area (TPSA) is 246 Å². The van der Waals surface area contributed by atoms with Crippen LogP contribution in [0, 0.1) is 0 Å². The number of carboxylic acids is 1. The molecule has 0 heterocycles. The number of carbonyl (C=O) groups excluding carboxylic acids is 4. The summed E-state index contributed by atoms with van der Waals surface area (Å²) in [4.78, 5) is 59.1. The Kier molecular flexibility index (Phi) is 15.4. The fourth-order valence-electron chi connectivity index (χ4n) is 2.76. The third-order valence-electron chi connectivity index (χ3n) is 4.62. The fourth-order valence-corrected chi connectivity index (χ4v) is 2.76. The number of nitrogens with two attached hydrogens (primary N) is 4. The van der Waals surface area contributed by atoms with E-state index in [1.807, 2.05) is 0 Å². The molecule has 184 valence electrons. The number of amides is 4. The molecule has 0 aliphatic heterocycles. The maximum atomic E-state index is 12.5. The molecule has 3 atom stereocenters. The van der Waals surface area contributed by atoms with Gasteiger partial charge in [0.2, 0.25) is 23.6 Å². The molecular weight excluding hydrogens is 422 g/mol. The Morgan fingerprint density at radius 2 is 1.38 bits per heavy atom. The molecule has 0 aliphatic rings. The number of hydrogen-bond donors (Lipinski definition) is 8. The van der Waals surface area contributed by atoms with Crippen LogP contribution in [0.25, 0.3) is 0 Å². The van der Waals surface area contributed by atoms with Crippen molar-refractivity contribution in [3.63, 3.8) is 0 Å². The number of carboxylic acid groups (broad SMARTS) is 1. The SMILES string of the molecule is NCCCCC(N)C(=O)NC(CCC(N)=O)C(=O)NCC(=O)NC(CCCCN)C(=O)O. The standard InChI is InChI=1S/C19H37N7O6/c20-9-3-1-5-12(22)17(29)26-13(7-8-15(23)27)18(30)24-11-16(28)25-14(19(31)32)6-2-4-10-21/h12-14H,1-11,20-22H2,(H2,23,27)(H,24,30)(H,25,28)(H,26,29)(H,31,32). The smallest absolute Gasteiger partial charge is 0.326 e. The molecule has 0 fully saturated rings. The summed E-state index contributed by atoms with van der Waals surface area (Å²) in [5.41, 5.74) is 21.7. The van der Waals surface area contributed by atoms with Gasteiger partial charge in [0.25, 0.3) is 0 Å². The van der Waals surface area contributed by atoms with Crippen LogP contribution in [-0.4, -0.2) is 72.5 Å². The molecule has 0 radical (unpaired) electrons. The summed E-state index contributed by atoms with van der Waals surface area (Å²) in [7, 11) is 0. The van der Waals surface area contributed by atoms with E-state index < -0.39 is 54.3 Å². The number of nitrogens with one attached hydrogen (secondary N) is 3. The molecule has 0 aromatic heterocycles. The Balaban J connectivity index is 4.81. The van der Waals surface area contributed by atoms with E-state index >= 15 is 0 Å². The van der Waals surface area contributed by atoms with Crippen LogP contribution < -0.4 is 38.9 Å². The molecular formula is C19H37N7O6. The van der Waals surface area contributed by atoms with Crippen molar-refractivity contribution in [1.82, 2.24) is 16.0 Å². The van der Waals surface area contributed by atoms with Crippen LogP contribution in [-0.2, 0) is 24.0 Å². The molecule has 13 heteroatoms. The van der Waals surface area contributed by atoms with Crippen LogP contribution in [0.1, 0.15) is 51.4 Å². The monoisotopic (exact) mass is 459 g/mol. The average molecular weight is 460 g/mol. The second-order valence-electron chi connectivity index (χ2n) is 7.42. The lowest BCUT2D eigenvalue weighted by Gasteiger charge is -2.21. The fraction of sp³-hybridized carbons (Fsp3) is 0.737. The van der Waals surface area contributed by atoms with E-state index in [4.69, 9.17) is 22.9 Å².